The number of rotatable bonds is 4. The standard InChI is InChI=1S/C18H16FN3O2/c1-2-12-4-3-5-14(8-12)21-17(23)10-22-11-20-16-7-6-13(19)9-15(16)18(22)24/h3-9,11H,2,10H2,1H3,(H,21,23). The molecule has 5 nitrogen and oxygen atoms in total. The van der Waals surface area contributed by atoms with Crippen molar-refractivity contribution in [1.82, 2.24) is 9.55 Å². The summed E-state index contributed by atoms with van der Waals surface area (Å²) in [5.41, 5.74) is 1.73. The first kappa shape index (κ1) is 15.9. The van der Waals surface area contributed by atoms with Crippen LogP contribution in [0.4, 0.5) is 10.1 Å². The zero-order valence-electron chi connectivity index (χ0n) is 13.1. The van der Waals surface area contributed by atoms with Crippen molar-refractivity contribution < 1.29 is 9.18 Å². The number of amides is 1. The van der Waals surface area contributed by atoms with Gasteiger partial charge in [-0.2, -0.15) is 0 Å². The molecule has 1 amide bonds. The average molecular weight is 325 g/mol. The predicted molar refractivity (Wildman–Crippen MR) is 90.4 cm³/mol. The molecule has 0 aliphatic carbocycles. The smallest absolute Gasteiger partial charge is 0.261 e. The van der Waals surface area contributed by atoms with E-state index >= 15 is 0 Å². The van der Waals surface area contributed by atoms with Gasteiger partial charge in [0.15, 0.2) is 0 Å². The summed E-state index contributed by atoms with van der Waals surface area (Å²) in [6.07, 6.45) is 2.16. The number of fused-ring (bicyclic) bond motifs is 1. The Morgan fingerprint density at radius 2 is 2.08 bits per heavy atom. The molecule has 0 spiro atoms. The second-order valence-electron chi connectivity index (χ2n) is 5.44. The molecule has 122 valence electrons. The molecule has 6 heteroatoms. The third-order valence-corrected chi connectivity index (χ3v) is 3.72. The topological polar surface area (TPSA) is 64.0 Å². The van der Waals surface area contributed by atoms with Gasteiger partial charge in [-0.3, -0.25) is 14.2 Å². The van der Waals surface area contributed by atoms with Crippen molar-refractivity contribution in [1.29, 1.82) is 0 Å². The summed E-state index contributed by atoms with van der Waals surface area (Å²) in [5, 5.41) is 2.90. The van der Waals surface area contributed by atoms with E-state index in [0.29, 0.717) is 11.2 Å². The number of carbonyl (C=O) groups excluding carboxylic acids is 1. The Balaban J connectivity index is 1.82. The van der Waals surface area contributed by atoms with E-state index in [4.69, 9.17) is 0 Å². The van der Waals surface area contributed by atoms with Crippen molar-refractivity contribution in [2.75, 3.05) is 5.32 Å². The molecule has 0 aliphatic heterocycles. The molecule has 2 aromatic carbocycles. The molecule has 0 atom stereocenters. The minimum Gasteiger partial charge on any atom is -0.325 e. The van der Waals surface area contributed by atoms with Gasteiger partial charge in [0.1, 0.15) is 12.4 Å². The number of hydrogen-bond donors (Lipinski definition) is 1. The molecule has 1 heterocycles. The van der Waals surface area contributed by atoms with Crippen LogP contribution < -0.4 is 10.9 Å². The van der Waals surface area contributed by atoms with Gasteiger partial charge in [-0.25, -0.2) is 9.37 Å². The molecule has 0 aliphatic rings. The number of hydrogen-bond acceptors (Lipinski definition) is 3. The van der Waals surface area contributed by atoms with Crippen molar-refractivity contribution in [3.63, 3.8) is 0 Å². The zero-order chi connectivity index (χ0) is 17.1. The zero-order valence-corrected chi connectivity index (χ0v) is 13.1. The fourth-order valence-corrected chi connectivity index (χ4v) is 2.47. The largest absolute Gasteiger partial charge is 0.325 e. The Bertz CT molecular complexity index is 966. The van der Waals surface area contributed by atoms with Crippen molar-refractivity contribution in [3.8, 4) is 0 Å². The predicted octanol–water partition coefficient (Wildman–Crippen LogP) is 2.74. The summed E-state index contributed by atoms with van der Waals surface area (Å²) >= 11 is 0. The van der Waals surface area contributed by atoms with E-state index in [9.17, 15) is 14.0 Å². The summed E-state index contributed by atoms with van der Waals surface area (Å²) in [7, 11) is 0. The number of nitrogens with one attached hydrogen (secondary N) is 1. The second-order valence-corrected chi connectivity index (χ2v) is 5.44. The van der Waals surface area contributed by atoms with E-state index in [2.05, 4.69) is 10.3 Å². The van der Waals surface area contributed by atoms with Crippen LogP contribution in [-0.2, 0) is 17.8 Å². The number of halogens is 1. The first-order valence-corrected chi connectivity index (χ1v) is 7.60. The third kappa shape index (κ3) is 3.32. The Hall–Kier alpha value is -3.02. The lowest BCUT2D eigenvalue weighted by molar-refractivity contribution is -0.116. The molecule has 0 fully saturated rings. The molecule has 1 N–H and O–H groups in total. The van der Waals surface area contributed by atoms with Crippen LogP contribution in [0.3, 0.4) is 0 Å². The number of anilines is 1. The number of carbonyl (C=O) groups is 1. The van der Waals surface area contributed by atoms with Crippen molar-refractivity contribution in [2.24, 2.45) is 0 Å². The molecule has 3 rings (SSSR count). The highest BCUT2D eigenvalue weighted by atomic mass is 19.1. The van der Waals surface area contributed by atoms with Gasteiger partial charge in [0.05, 0.1) is 17.2 Å². The van der Waals surface area contributed by atoms with Gasteiger partial charge in [-0.1, -0.05) is 19.1 Å². The number of aryl methyl sites for hydroxylation is 1. The van der Waals surface area contributed by atoms with Crippen molar-refractivity contribution in [2.45, 2.75) is 19.9 Å². The first-order valence-electron chi connectivity index (χ1n) is 7.60. The molecule has 1 aromatic heterocycles. The van der Waals surface area contributed by atoms with Gasteiger partial charge < -0.3 is 5.32 Å². The van der Waals surface area contributed by atoms with Crippen LogP contribution in [0, 0.1) is 5.82 Å². The summed E-state index contributed by atoms with van der Waals surface area (Å²) in [4.78, 5) is 28.6. The van der Waals surface area contributed by atoms with Gasteiger partial charge in [0, 0.05) is 5.69 Å². The van der Waals surface area contributed by atoms with E-state index in [-0.39, 0.29) is 17.8 Å². The summed E-state index contributed by atoms with van der Waals surface area (Å²) in [6.45, 7) is 1.84. The van der Waals surface area contributed by atoms with Gasteiger partial charge in [-0.15, -0.1) is 0 Å². The van der Waals surface area contributed by atoms with Crippen LogP contribution >= 0.6 is 0 Å². The molecular formula is C18H16FN3O2. The van der Waals surface area contributed by atoms with Crippen LogP contribution in [-0.4, -0.2) is 15.5 Å². The fraction of sp³-hybridized carbons (Fsp3) is 0.167. The molecule has 0 bridgehead atoms. The molecule has 0 saturated heterocycles. The molecule has 0 saturated carbocycles. The van der Waals surface area contributed by atoms with Crippen LogP contribution in [0.25, 0.3) is 10.9 Å². The highest BCUT2D eigenvalue weighted by Crippen LogP contribution is 2.11. The second kappa shape index (κ2) is 6.62. The number of aromatic nitrogens is 2. The van der Waals surface area contributed by atoms with E-state index in [0.717, 1.165) is 18.1 Å². The molecular weight excluding hydrogens is 309 g/mol. The van der Waals surface area contributed by atoms with Crippen LogP contribution in [0.5, 0.6) is 0 Å². The van der Waals surface area contributed by atoms with E-state index in [1.807, 2.05) is 25.1 Å². The average Bonchev–Trinajstić information content (AvgIpc) is 2.58. The number of nitrogens with zero attached hydrogens (tertiary/aromatic N) is 2. The molecule has 3 aromatic rings. The lowest BCUT2D eigenvalue weighted by Gasteiger charge is -2.09. The Morgan fingerprint density at radius 1 is 1.25 bits per heavy atom. The maximum absolute atomic E-state index is 13.3. The maximum atomic E-state index is 13.3. The van der Waals surface area contributed by atoms with Gasteiger partial charge >= 0.3 is 0 Å². The van der Waals surface area contributed by atoms with Crippen LogP contribution in [0.15, 0.2) is 53.6 Å². The van der Waals surface area contributed by atoms with Gasteiger partial charge in [0.25, 0.3) is 5.56 Å². The lowest BCUT2D eigenvalue weighted by atomic mass is 10.1. The van der Waals surface area contributed by atoms with Crippen LogP contribution in [0.2, 0.25) is 0 Å². The highest BCUT2D eigenvalue weighted by Gasteiger charge is 2.09. The minimum absolute atomic E-state index is 0.151. The lowest BCUT2D eigenvalue weighted by Crippen LogP contribution is -2.28. The van der Waals surface area contributed by atoms with Gasteiger partial charge in [-0.05, 0) is 42.3 Å². The Labute approximate surface area is 137 Å². The quantitative estimate of drug-likeness (QED) is 0.802. The summed E-state index contributed by atoms with van der Waals surface area (Å²) in [5.74, 6) is -0.858. The highest BCUT2D eigenvalue weighted by molar-refractivity contribution is 5.90. The van der Waals surface area contributed by atoms with Crippen molar-refractivity contribution in [3.05, 3.63) is 70.5 Å². The normalized spacial score (nSPS) is 10.8. The molecule has 0 radical (unpaired) electrons. The van der Waals surface area contributed by atoms with E-state index < -0.39 is 11.4 Å². The molecule has 0 unspecified atom stereocenters. The van der Waals surface area contributed by atoms with Gasteiger partial charge in [0.2, 0.25) is 5.91 Å². The SMILES string of the molecule is CCc1cccc(NC(=O)Cn2cnc3ccc(F)cc3c2=O)c1. The minimum atomic E-state index is -0.514. The van der Waals surface area contributed by atoms with Crippen LogP contribution in [0.1, 0.15) is 12.5 Å². The number of benzene rings is 2. The van der Waals surface area contributed by atoms with E-state index in [1.165, 1.54) is 23.0 Å². The first-order chi connectivity index (χ1) is 11.6. The fourth-order valence-electron chi connectivity index (χ4n) is 2.47. The molecule has 24 heavy (non-hydrogen) atoms. The Morgan fingerprint density at radius 3 is 2.88 bits per heavy atom. The monoisotopic (exact) mass is 325 g/mol. The summed E-state index contributed by atoms with van der Waals surface area (Å²) in [6, 6.07) is 11.3. The van der Waals surface area contributed by atoms with E-state index in [1.54, 1.807) is 6.07 Å². The maximum Gasteiger partial charge on any atom is 0.261 e. The summed E-state index contributed by atoms with van der Waals surface area (Å²) < 4.78 is 14.5. The third-order valence-electron chi connectivity index (χ3n) is 3.72. The van der Waals surface area contributed by atoms with Crippen molar-refractivity contribution >= 4 is 22.5 Å². The Kier molecular flexibility index (Phi) is 4.37.